The molecule has 0 radical (unpaired) electrons. The van der Waals surface area contributed by atoms with Crippen LogP contribution in [0.4, 0.5) is 5.69 Å². The van der Waals surface area contributed by atoms with Crippen molar-refractivity contribution < 1.29 is 28.8 Å². The molecule has 2 N–H and O–H groups in total. The third kappa shape index (κ3) is 6.68. The molecule has 2 rings (SSSR count). The molecule has 10 nitrogen and oxygen atoms in total. The number of amides is 2. The van der Waals surface area contributed by atoms with E-state index in [1.807, 2.05) is 0 Å². The topological polar surface area (TPSA) is 137 Å². The molecule has 0 saturated heterocycles. The molecular formula is C20H20ClN3O7. The van der Waals surface area contributed by atoms with Crippen molar-refractivity contribution in [1.29, 1.82) is 0 Å². The summed E-state index contributed by atoms with van der Waals surface area (Å²) in [7, 11) is 1.52. The average Bonchev–Trinajstić information content (AvgIpc) is 2.75. The average molecular weight is 450 g/mol. The van der Waals surface area contributed by atoms with Crippen LogP contribution in [-0.4, -0.2) is 42.5 Å². The Morgan fingerprint density at radius 3 is 2.55 bits per heavy atom. The number of nitro groups is 1. The molecule has 0 fully saturated rings. The summed E-state index contributed by atoms with van der Waals surface area (Å²) in [5, 5.41) is 15.7. The van der Waals surface area contributed by atoms with Crippen molar-refractivity contribution >= 4 is 35.1 Å². The van der Waals surface area contributed by atoms with Gasteiger partial charge in [0.2, 0.25) is 0 Å². The number of para-hydroxylation sites is 1. The quantitative estimate of drug-likeness (QED) is 0.340. The summed E-state index contributed by atoms with van der Waals surface area (Å²) in [6.07, 6.45) is -1.10. The van der Waals surface area contributed by atoms with Crippen LogP contribution in [0.15, 0.2) is 42.5 Å². The maximum atomic E-state index is 12.2. The number of benzene rings is 2. The standard InChI is InChI=1S/C20H20ClN3O7/c1-12(19(26)22-10-14-5-3-4-6-17(14)30-2)31-18(25)11-23-20(27)13-7-8-15(21)16(9-13)24(28)29/h3-9,12H,10-11H2,1-2H3,(H,22,26)(H,23,27). The first-order valence-corrected chi connectivity index (χ1v) is 9.42. The number of hydrogen-bond donors (Lipinski definition) is 2. The van der Waals surface area contributed by atoms with Crippen LogP contribution in [-0.2, 0) is 20.9 Å². The highest BCUT2D eigenvalue weighted by Gasteiger charge is 2.20. The van der Waals surface area contributed by atoms with E-state index in [-0.39, 0.29) is 17.1 Å². The van der Waals surface area contributed by atoms with Gasteiger partial charge >= 0.3 is 5.97 Å². The summed E-state index contributed by atoms with van der Waals surface area (Å²) >= 11 is 5.70. The number of carbonyl (C=O) groups excluding carboxylic acids is 3. The second kappa shape index (κ2) is 10.9. The molecule has 2 aromatic rings. The zero-order chi connectivity index (χ0) is 23.0. The Kier molecular flexibility index (Phi) is 8.33. The maximum absolute atomic E-state index is 12.2. The van der Waals surface area contributed by atoms with Crippen molar-refractivity contribution in [3.8, 4) is 5.75 Å². The fraction of sp³-hybridized carbons (Fsp3) is 0.250. The van der Waals surface area contributed by atoms with Gasteiger partial charge in [0, 0.05) is 23.7 Å². The molecule has 0 aliphatic carbocycles. The van der Waals surface area contributed by atoms with Crippen LogP contribution in [0.2, 0.25) is 5.02 Å². The molecule has 0 bridgehead atoms. The summed E-state index contributed by atoms with van der Waals surface area (Å²) in [6, 6.07) is 10.6. The minimum atomic E-state index is -1.10. The second-order valence-corrected chi connectivity index (χ2v) is 6.67. The van der Waals surface area contributed by atoms with Gasteiger partial charge in [0.15, 0.2) is 6.10 Å². The third-order valence-electron chi connectivity index (χ3n) is 4.12. The largest absolute Gasteiger partial charge is 0.496 e. The Morgan fingerprint density at radius 1 is 1.16 bits per heavy atom. The van der Waals surface area contributed by atoms with Gasteiger partial charge in [0.05, 0.1) is 12.0 Å². The molecule has 1 atom stereocenters. The van der Waals surface area contributed by atoms with E-state index >= 15 is 0 Å². The van der Waals surface area contributed by atoms with E-state index in [1.165, 1.54) is 26.2 Å². The van der Waals surface area contributed by atoms with Gasteiger partial charge in [0.1, 0.15) is 17.3 Å². The zero-order valence-electron chi connectivity index (χ0n) is 16.7. The van der Waals surface area contributed by atoms with E-state index in [9.17, 15) is 24.5 Å². The fourth-order valence-electron chi connectivity index (χ4n) is 2.52. The normalized spacial score (nSPS) is 11.2. The van der Waals surface area contributed by atoms with Crippen LogP contribution in [0.3, 0.4) is 0 Å². The van der Waals surface area contributed by atoms with Crippen LogP contribution in [0.1, 0.15) is 22.8 Å². The first kappa shape index (κ1) is 23.6. The van der Waals surface area contributed by atoms with Crippen molar-refractivity contribution in [2.24, 2.45) is 0 Å². The number of nitro benzene ring substituents is 1. The third-order valence-corrected chi connectivity index (χ3v) is 4.44. The molecule has 0 spiro atoms. The predicted octanol–water partition coefficient (Wildman–Crippen LogP) is 2.23. The van der Waals surface area contributed by atoms with Gasteiger partial charge in [0.25, 0.3) is 17.5 Å². The molecule has 0 saturated carbocycles. The first-order chi connectivity index (χ1) is 14.7. The molecule has 2 aromatic carbocycles. The molecule has 31 heavy (non-hydrogen) atoms. The van der Waals surface area contributed by atoms with Crippen LogP contribution in [0.25, 0.3) is 0 Å². The van der Waals surface area contributed by atoms with E-state index in [0.717, 1.165) is 11.6 Å². The van der Waals surface area contributed by atoms with Gasteiger partial charge in [-0.2, -0.15) is 0 Å². The van der Waals surface area contributed by atoms with Gasteiger partial charge in [-0.15, -0.1) is 0 Å². The Balaban J connectivity index is 1.83. The molecular weight excluding hydrogens is 430 g/mol. The van der Waals surface area contributed by atoms with Crippen molar-refractivity contribution in [3.05, 3.63) is 68.7 Å². The van der Waals surface area contributed by atoms with Crippen molar-refractivity contribution in [1.82, 2.24) is 10.6 Å². The van der Waals surface area contributed by atoms with Crippen molar-refractivity contribution in [3.63, 3.8) is 0 Å². The minimum Gasteiger partial charge on any atom is -0.496 e. The molecule has 2 amide bonds. The Hall–Kier alpha value is -3.66. The minimum absolute atomic E-state index is 0.0495. The monoisotopic (exact) mass is 449 g/mol. The number of nitrogens with zero attached hydrogens (tertiary/aromatic N) is 1. The number of rotatable bonds is 9. The fourth-order valence-corrected chi connectivity index (χ4v) is 2.70. The van der Waals surface area contributed by atoms with E-state index in [1.54, 1.807) is 24.3 Å². The van der Waals surface area contributed by atoms with Crippen molar-refractivity contribution in [2.75, 3.05) is 13.7 Å². The summed E-state index contributed by atoms with van der Waals surface area (Å²) < 4.78 is 10.2. The number of ether oxygens (including phenoxy) is 2. The van der Waals surface area contributed by atoms with Gasteiger partial charge in [-0.25, -0.2) is 0 Å². The van der Waals surface area contributed by atoms with Crippen LogP contribution in [0.5, 0.6) is 5.75 Å². The molecule has 11 heteroatoms. The number of esters is 1. The highest BCUT2D eigenvalue weighted by atomic mass is 35.5. The number of hydrogen-bond acceptors (Lipinski definition) is 7. The molecule has 0 aliphatic rings. The van der Waals surface area contributed by atoms with E-state index in [4.69, 9.17) is 21.1 Å². The lowest BCUT2D eigenvalue weighted by Gasteiger charge is -2.15. The molecule has 1 unspecified atom stereocenters. The highest BCUT2D eigenvalue weighted by molar-refractivity contribution is 6.32. The van der Waals surface area contributed by atoms with E-state index in [2.05, 4.69) is 10.6 Å². The van der Waals surface area contributed by atoms with Crippen LogP contribution < -0.4 is 15.4 Å². The summed E-state index contributed by atoms with van der Waals surface area (Å²) in [6.45, 7) is 1.04. The second-order valence-electron chi connectivity index (χ2n) is 6.27. The molecule has 0 aliphatic heterocycles. The molecule has 0 heterocycles. The Labute approximate surface area is 182 Å². The lowest BCUT2D eigenvalue weighted by molar-refractivity contribution is -0.384. The zero-order valence-corrected chi connectivity index (χ0v) is 17.5. The van der Waals surface area contributed by atoms with E-state index < -0.39 is 41.0 Å². The first-order valence-electron chi connectivity index (χ1n) is 9.04. The van der Waals surface area contributed by atoms with Gasteiger partial charge < -0.3 is 20.1 Å². The van der Waals surface area contributed by atoms with Crippen LogP contribution in [0, 0.1) is 10.1 Å². The number of nitrogens with one attached hydrogen (secondary N) is 2. The summed E-state index contributed by atoms with van der Waals surface area (Å²) in [4.78, 5) is 46.4. The van der Waals surface area contributed by atoms with Crippen LogP contribution >= 0.6 is 11.6 Å². The lowest BCUT2D eigenvalue weighted by atomic mass is 10.2. The summed E-state index contributed by atoms with van der Waals surface area (Å²) in [5.41, 5.74) is 0.268. The maximum Gasteiger partial charge on any atom is 0.326 e. The SMILES string of the molecule is COc1ccccc1CNC(=O)C(C)OC(=O)CNC(=O)c1ccc(Cl)c([N+](=O)[O-])c1. The van der Waals surface area contributed by atoms with Gasteiger partial charge in [-0.05, 0) is 25.1 Å². The number of carbonyl (C=O) groups is 3. The van der Waals surface area contributed by atoms with Gasteiger partial charge in [-0.1, -0.05) is 29.8 Å². The predicted molar refractivity (Wildman–Crippen MR) is 111 cm³/mol. The lowest BCUT2D eigenvalue weighted by Crippen LogP contribution is -2.38. The number of methoxy groups -OCH3 is 1. The van der Waals surface area contributed by atoms with E-state index in [0.29, 0.717) is 5.75 Å². The highest BCUT2D eigenvalue weighted by Crippen LogP contribution is 2.25. The Bertz CT molecular complexity index is 996. The number of halogens is 1. The molecule has 164 valence electrons. The van der Waals surface area contributed by atoms with Crippen molar-refractivity contribution in [2.45, 2.75) is 19.6 Å². The molecule has 0 aromatic heterocycles. The Morgan fingerprint density at radius 2 is 1.87 bits per heavy atom. The van der Waals surface area contributed by atoms with Gasteiger partial charge in [-0.3, -0.25) is 24.5 Å². The summed E-state index contributed by atoms with van der Waals surface area (Å²) in [5.74, 6) is -1.50. The smallest absolute Gasteiger partial charge is 0.326 e.